The predicted molar refractivity (Wildman–Crippen MR) is 74.9 cm³/mol. The molecular formula is C13H17N5O2. The number of carboxylic acid groups (broad SMARTS) is 1. The first-order valence-corrected chi connectivity index (χ1v) is 6.79. The molecule has 7 nitrogen and oxygen atoms in total. The Morgan fingerprint density at radius 3 is 2.85 bits per heavy atom. The number of carbonyl (C=O) groups is 1. The monoisotopic (exact) mass is 275 g/mol. The minimum atomic E-state index is -1.03. The number of fused-ring (bicyclic) bond motifs is 1. The Labute approximate surface area is 115 Å². The van der Waals surface area contributed by atoms with Crippen LogP contribution in [0, 0.1) is 0 Å². The van der Waals surface area contributed by atoms with E-state index in [2.05, 4.69) is 15.4 Å². The summed E-state index contributed by atoms with van der Waals surface area (Å²) in [5.41, 5.74) is 6.65. The summed E-state index contributed by atoms with van der Waals surface area (Å²) in [5.74, 6) is -0.961. The average molecular weight is 275 g/mol. The van der Waals surface area contributed by atoms with Crippen molar-refractivity contribution in [3.63, 3.8) is 0 Å². The summed E-state index contributed by atoms with van der Waals surface area (Å²) in [7, 11) is 0. The lowest BCUT2D eigenvalue weighted by Gasteiger charge is -2.23. The SMILES string of the molecule is Nc1nc2c(C(=O)O)cc(NC3CCCCC3)cn2n1. The minimum Gasteiger partial charge on any atom is -0.478 e. The van der Waals surface area contributed by atoms with Crippen LogP contribution in [0.15, 0.2) is 12.3 Å². The number of nitrogens with two attached hydrogens (primary N) is 1. The van der Waals surface area contributed by atoms with Gasteiger partial charge in [-0.25, -0.2) is 9.31 Å². The molecule has 7 heteroatoms. The number of aromatic nitrogens is 3. The van der Waals surface area contributed by atoms with E-state index in [9.17, 15) is 9.90 Å². The highest BCUT2D eigenvalue weighted by Crippen LogP contribution is 2.23. The fourth-order valence-corrected chi connectivity index (χ4v) is 2.72. The zero-order chi connectivity index (χ0) is 14.1. The van der Waals surface area contributed by atoms with Crippen molar-refractivity contribution in [1.82, 2.24) is 14.6 Å². The second-order valence-electron chi connectivity index (χ2n) is 5.17. The zero-order valence-electron chi connectivity index (χ0n) is 11.0. The van der Waals surface area contributed by atoms with Crippen molar-refractivity contribution in [3.05, 3.63) is 17.8 Å². The van der Waals surface area contributed by atoms with E-state index in [1.807, 2.05) is 0 Å². The van der Waals surface area contributed by atoms with Crippen LogP contribution in [0.4, 0.5) is 11.6 Å². The van der Waals surface area contributed by atoms with E-state index >= 15 is 0 Å². The van der Waals surface area contributed by atoms with E-state index in [1.54, 1.807) is 12.3 Å². The maximum Gasteiger partial charge on any atom is 0.339 e. The molecule has 0 aromatic carbocycles. The Morgan fingerprint density at radius 1 is 1.40 bits per heavy atom. The van der Waals surface area contributed by atoms with E-state index < -0.39 is 5.97 Å². The molecule has 1 aliphatic carbocycles. The largest absolute Gasteiger partial charge is 0.478 e. The van der Waals surface area contributed by atoms with Gasteiger partial charge < -0.3 is 16.2 Å². The van der Waals surface area contributed by atoms with Gasteiger partial charge in [0.2, 0.25) is 5.95 Å². The normalized spacial score (nSPS) is 16.4. The van der Waals surface area contributed by atoms with Gasteiger partial charge in [0.15, 0.2) is 5.65 Å². The third kappa shape index (κ3) is 2.38. The van der Waals surface area contributed by atoms with E-state index in [-0.39, 0.29) is 17.2 Å². The van der Waals surface area contributed by atoms with Gasteiger partial charge in [-0.3, -0.25) is 0 Å². The molecule has 1 fully saturated rings. The zero-order valence-corrected chi connectivity index (χ0v) is 11.0. The van der Waals surface area contributed by atoms with Crippen LogP contribution in [0.25, 0.3) is 5.65 Å². The molecule has 2 aromatic heterocycles. The van der Waals surface area contributed by atoms with Crippen molar-refractivity contribution in [2.75, 3.05) is 11.1 Å². The minimum absolute atomic E-state index is 0.0716. The topological polar surface area (TPSA) is 106 Å². The van der Waals surface area contributed by atoms with Crippen LogP contribution in [0.1, 0.15) is 42.5 Å². The fourth-order valence-electron chi connectivity index (χ4n) is 2.72. The van der Waals surface area contributed by atoms with E-state index in [0.717, 1.165) is 18.5 Å². The highest BCUT2D eigenvalue weighted by molar-refractivity contribution is 5.95. The summed E-state index contributed by atoms with van der Waals surface area (Å²) < 4.78 is 1.42. The van der Waals surface area contributed by atoms with Gasteiger partial charge >= 0.3 is 5.97 Å². The van der Waals surface area contributed by atoms with Crippen LogP contribution in [-0.4, -0.2) is 31.7 Å². The van der Waals surface area contributed by atoms with Gasteiger partial charge in [0.05, 0.1) is 11.9 Å². The quantitative estimate of drug-likeness (QED) is 0.788. The number of pyridine rings is 1. The Balaban J connectivity index is 1.96. The number of nitrogens with zero attached hydrogens (tertiary/aromatic N) is 3. The van der Waals surface area contributed by atoms with Crippen molar-refractivity contribution < 1.29 is 9.90 Å². The van der Waals surface area contributed by atoms with Crippen LogP contribution >= 0.6 is 0 Å². The molecule has 0 bridgehead atoms. The third-order valence-electron chi connectivity index (χ3n) is 3.66. The Hall–Kier alpha value is -2.31. The number of carboxylic acids is 1. The number of anilines is 2. The van der Waals surface area contributed by atoms with Crippen LogP contribution in [-0.2, 0) is 0 Å². The van der Waals surface area contributed by atoms with Gasteiger partial charge in [-0.05, 0) is 18.9 Å². The van der Waals surface area contributed by atoms with E-state index in [0.29, 0.717) is 6.04 Å². The molecule has 0 spiro atoms. The smallest absolute Gasteiger partial charge is 0.339 e. The standard InChI is InChI=1S/C13H17N5O2/c14-13-16-11-10(12(19)20)6-9(7-18(11)17-13)15-8-4-2-1-3-5-8/h6-8,15H,1-5H2,(H2,14,17)(H,19,20). The van der Waals surface area contributed by atoms with Gasteiger partial charge in [-0.15, -0.1) is 5.10 Å². The molecular weight excluding hydrogens is 258 g/mol. The number of hydrogen-bond donors (Lipinski definition) is 3. The summed E-state index contributed by atoms with van der Waals surface area (Å²) in [6.07, 6.45) is 7.65. The van der Waals surface area contributed by atoms with Crippen molar-refractivity contribution >= 4 is 23.3 Å². The summed E-state index contributed by atoms with van der Waals surface area (Å²) in [4.78, 5) is 15.3. The molecule has 0 radical (unpaired) electrons. The van der Waals surface area contributed by atoms with E-state index in [1.165, 1.54) is 23.8 Å². The number of rotatable bonds is 3. The van der Waals surface area contributed by atoms with Gasteiger partial charge in [-0.1, -0.05) is 19.3 Å². The Bertz CT molecular complexity index is 645. The van der Waals surface area contributed by atoms with Gasteiger partial charge in [0.1, 0.15) is 5.56 Å². The van der Waals surface area contributed by atoms with Crippen LogP contribution in [0.3, 0.4) is 0 Å². The summed E-state index contributed by atoms with van der Waals surface area (Å²) >= 11 is 0. The second kappa shape index (κ2) is 4.99. The molecule has 2 aromatic rings. The molecule has 0 unspecified atom stereocenters. The number of nitrogen functional groups attached to an aromatic ring is 1. The van der Waals surface area contributed by atoms with Crippen molar-refractivity contribution in [2.45, 2.75) is 38.1 Å². The van der Waals surface area contributed by atoms with Gasteiger partial charge in [0.25, 0.3) is 0 Å². The first-order valence-electron chi connectivity index (χ1n) is 6.79. The lowest BCUT2D eigenvalue weighted by atomic mass is 9.95. The maximum atomic E-state index is 11.3. The number of aromatic carboxylic acids is 1. The fraction of sp³-hybridized carbons (Fsp3) is 0.462. The van der Waals surface area contributed by atoms with E-state index in [4.69, 9.17) is 5.73 Å². The summed E-state index contributed by atoms with van der Waals surface area (Å²) in [6.45, 7) is 0. The van der Waals surface area contributed by atoms with Gasteiger partial charge in [-0.2, -0.15) is 4.98 Å². The number of hydrogen-bond acceptors (Lipinski definition) is 5. The first kappa shape index (κ1) is 12.7. The molecule has 1 saturated carbocycles. The third-order valence-corrected chi connectivity index (χ3v) is 3.66. The molecule has 4 N–H and O–H groups in total. The second-order valence-corrected chi connectivity index (χ2v) is 5.17. The Kier molecular flexibility index (Phi) is 3.17. The van der Waals surface area contributed by atoms with Crippen molar-refractivity contribution in [2.24, 2.45) is 0 Å². The predicted octanol–water partition coefficient (Wildman–Crippen LogP) is 1.75. The number of nitrogens with one attached hydrogen (secondary N) is 1. The van der Waals surface area contributed by atoms with Crippen molar-refractivity contribution in [1.29, 1.82) is 0 Å². The molecule has 3 rings (SSSR count). The molecule has 20 heavy (non-hydrogen) atoms. The maximum absolute atomic E-state index is 11.3. The molecule has 0 atom stereocenters. The molecule has 106 valence electrons. The highest BCUT2D eigenvalue weighted by Gasteiger charge is 2.17. The van der Waals surface area contributed by atoms with Gasteiger partial charge in [0, 0.05) is 6.04 Å². The average Bonchev–Trinajstić information content (AvgIpc) is 2.79. The van der Waals surface area contributed by atoms with Crippen LogP contribution < -0.4 is 11.1 Å². The lowest BCUT2D eigenvalue weighted by molar-refractivity contribution is 0.0698. The molecule has 2 heterocycles. The first-order chi connectivity index (χ1) is 9.63. The Morgan fingerprint density at radius 2 is 2.15 bits per heavy atom. The molecule has 0 amide bonds. The lowest BCUT2D eigenvalue weighted by Crippen LogP contribution is -2.22. The molecule has 0 saturated heterocycles. The van der Waals surface area contributed by atoms with Crippen LogP contribution in [0.2, 0.25) is 0 Å². The summed E-state index contributed by atoms with van der Waals surface area (Å²) in [6, 6.07) is 1.99. The molecule has 0 aliphatic heterocycles. The molecule has 1 aliphatic rings. The van der Waals surface area contributed by atoms with Crippen LogP contribution in [0.5, 0.6) is 0 Å². The summed E-state index contributed by atoms with van der Waals surface area (Å²) in [5, 5.41) is 16.6. The van der Waals surface area contributed by atoms with Crippen molar-refractivity contribution in [3.8, 4) is 0 Å². The highest BCUT2D eigenvalue weighted by atomic mass is 16.4.